The smallest absolute Gasteiger partial charge is 0.330 e. The molecule has 0 aliphatic carbocycles. The molecule has 0 atom stereocenters. The van der Waals surface area contributed by atoms with Crippen molar-refractivity contribution < 1.29 is 9.53 Å². The highest BCUT2D eigenvalue weighted by molar-refractivity contribution is 5.96. The number of carbonyl (C=O) groups excluding carboxylic acids is 1. The number of anilines is 2. The standard InChI is InChI=1S/C21H22N4O4/c1-2-24(17(26)14-29-16-11-7-4-8-12-16)18-19(22)25(21(28)23-20(18)27)13-15-9-5-3-6-10-15/h3-12H,2,13-14,22H2,1H3,(H,23,27,28). The van der Waals surface area contributed by atoms with Crippen LogP contribution < -0.4 is 26.6 Å². The molecule has 0 saturated heterocycles. The molecule has 8 heteroatoms. The SMILES string of the molecule is CCN(C(=O)COc1ccccc1)c1c(N)n(Cc2ccccc2)c(=O)[nH]c1=O. The Bertz CT molecular complexity index is 1090. The van der Waals surface area contributed by atoms with Crippen molar-refractivity contribution >= 4 is 17.4 Å². The van der Waals surface area contributed by atoms with Gasteiger partial charge in [-0.25, -0.2) is 4.79 Å². The van der Waals surface area contributed by atoms with Crippen LogP contribution in [0.25, 0.3) is 0 Å². The second-order valence-corrected chi connectivity index (χ2v) is 6.30. The normalized spacial score (nSPS) is 10.5. The van der Waals surface area contributed by atoms with E-state index in [1.54, 1.807) is 31.2 Å². The van der Waals surface area contributed by atoms with Crippen molar-refractivity contribution in [1.29, 1.82) is 0 Å². The summed E-state index contributed by atoms with van der Waals surface area (Å²) in [5, 5.41) is 0. The molecule has 3 aromatic rings. The maximum atomic E-state index is 12.7. The molecule has 0 radical (unpaired) electrons. The summed E-state index contributed by atoms with van der Waals surface area (Å²) in [5.74, 6) is 0.0174. The molecule has 0 bridgehead atoms. The molecule has 2 aromatic carbocycles. The van der Waals surface area contributed by atoms with Crippen molar-refractivity contribution in [3.63, 3.8) is 0 Å². The monoisotopic (exact) mass is 394 g/mol. The number of hydrogen-bond donors (Lipinski definition) is 2. The number of amides is 1. The molecule has 1 aromatic heterocycles. The maximum Gasteiger partial charge on any atom is 0.330 e. The summed E-state index contributed by atoms with van der Waals surface area (Å²) >= 11 is 0. The molecule has 3 N–H and O–H groups in total. The van der Waals surface area contributed by atoms with E-state index < -0.39 is 17.2 Å². The van der Waals surface area contributed by atoms with Crippen molar-refractivity contribution in [1.82, 2.24) is 9.55 Å². The largest absolute Gasteiger partial charge is 0.484 e. The highest BCUT2D eigenvalue weighted by Crippen LogP contribution is 2.18. The second-order valence-electron chi connectivity index (χ2n) is 6.30. The van der Waals surface area contributed by atoms with Crippen LogP contribution in [-0.2, 0) is 11.3 Å². The summed E-state index contributed by atoms with van der Waals surface area (Å²) in [7, 11) is 0. The van der Waals surface area contributed by atoms with E-state index in [9.17, 15) is 14.4 Å². The van der Waals surface area contributed by atoms with Gasteiger partial charge in [-0.15, -0.1) is 0 Å². The minimum absolute atomic E-state index is 0.0651. The van der Waals surface area contributed by atoms with Crippen LogP contribution in [0.15, 0.2) is 70.3 Å². The molecule has 0 aliphatic heterocycles. The molecule has 1 heterocycles. The Hall–Kier alpha value is -3.81. The van der Waals surface area contributed by atoms with E-state index in [1.165, 1.54) is 9.47 Å². The number of likely N-dealkylation sites (N-methyl/N-ethyl adjacent to an activating group) is 1. The van der Waals surface area contributed by atoms with Gasteiger partial charge in [0.05, 0.1) is 6.54 Å². The van der Waals surface area contributed by atoms with Crippen LogP contribution in [0, 0.1) is 0 Å². The van der Waals surface area contributed by atoms with Crippen LogP contribution >= 0.6 is 0 Å². The van der Waals surface area contributed by atoms with E-state index in [4.69, 9.17) is 10.5 Å². The van der Waals surface area contributed by atoms with Crippen LogP contribution in [-0.4, -0.2) is 28.6 Å². The molecule has 150 valence electrons. The van der Waals surface area contributed by atoms with Gasteiger partial charge in [-0.05, 0) is 24.6 Å². The van der Waals surface area contributed by atoms with Crippen LogP contribution in [0.4, 0.5) is 11.5 Å². The Morgan fingerprint density at radius 3 is 2.31 bits per heavy atom. The fourth-order valence-corrected chi connectivity index (χ4v) is 2.96. The lowest BCUT2D eigenvalue weighted by Crippen LogP contribution is -2.42. The summed E-state index contributed by atoms with van der Waals surface area (Å²) in [6.45, 7) is 1.80. The topological polar surface area (TPSA) is 110 Å². The summed E-state index contributed by atoms with van der Waals surface area (Å²) in [5.41, 5.74) is 5.58. The maximum absolute atomic E-state index is 12.7. The zero-order chi connectivity index (χ0) is 20.8. The molecule has 0 saturated carbocycles. The lowest BCUT2D eigenvalue weighted by atomic mass is 10.2. The van der Waals surface area contributed by atoms with Crippen molar-refractivity contribution in [3.8, 4) is 5.75 Å². The van der Waals surface area contributed by atoms with E-state index in [1.807, 2.05) is 36.4 Å². The van der Waals surface area contributed by atoms with Gasteiger partial charge < -0.3 is 15.4 Å². The van der Waals surface area contributed by atoms with Gasteiger partial charge in [0.15, 0.2) is 12.3 Å². The van der Waals surface area contributed by atoms with Crippen molar-refractivity contribution in [2.24, 2.45) is 0 Å². The molecule has 0 fully saturated rings. The summed E-state index contributed by atoms with van der Waals surface area (Å²) in [6, 6.07) is 18.1. The number of ether oxygens (including phenoxy) is 1. The number of para-hydroxylation sites is 1. The highest BCUT2D eigenvalue weighted by atomic mass is 16.5. The van der Waals surface area contributed by atoms with Gasteiger partial charge in [0, 0.05) is 6.54 Å². The van der Waals surface area contributed by atoms with Gasteiger partial charge in [0.25, 0.3) is 11.5 Å². The molecule has 29 heavy (non-hydrogen) atoms. The number of nitrogens with zero attached hydrogens (tertiary/aromatic N) is 2. The van der Waals surface area contributed by atoms with Crippen LogP contribution in [0.3, 0.4) is 0 Å². The summed E-state index contributed by atoms with van der Waals surface area (Å²) in [6.07, 6.45) is 0. The molecule has 0 spiro atoms. The molecular formula is C21H22N4O4. The minimum Gasteiger partial charge on any atom is -0.484 e. The predicted molar refractivity (Wildman–Crippen MR) is 111 cm³/mol. The number of hydrogen-bond acceptors (Lipinski definition) is 5. The molecule has 1 amide bonds. The van der Waals surface area contributed by atoms with Gasteiger partial charge in [0.1, 0.15) is 11.6 Å². The fourth-order valence-electron chi connectivity index (χ4n) is 2.96. The van der Waals surface area contributed by atoms with Crippen molar-refractivity contribution in [3.05, 3.63) is 87.1 Å². The molecule has 0 aliphatic rings. The summed E-state index contributed by atoms with van der Waals surface area (Å²) in [4.78, 5) is 41.0. The number of carbonyl (C=O) groups is 1. The Labute approximate surface area is 167 Å². The van der Waals surface area contributed by atoms with E-state index in [2.05, 4.69) is 4.98 Å². The van der Waals surface area contributed by atoms with Gasteiger partial charge in [0.2, 0.25) is 0 Å². The van der Waals surface area contributed by atoms with E-state index in [0.717, 1.165) is 5.56 Å². The third-order valence-corrected chi connectivity index (χ3v) is 4.39. The second kappa shape index (κ2) is 8.92. The molecule has 8 nitrogen and oxygen atoms in total. The predicted octanol–water partition coefficient (Wildman–Crippen LogP) is 1.60. The highest BCUT2D eigenvalue weighted by Gasteiger charge is 2.23. The average Bonchev–Trinajstić information content (AvgIpc) is 2.74. The lowest BCUT2D eigenvalue weighted by molar-refractivity contribution is -0.120. The molecule has 3 rings (SSSR count). The number of nitrogens with one attached hydrogen (secondary N) is 1. The Kier molecular flexibility index (Phi) is 6.13. The van der Waals surface area contributed by atoms with Crippen LogP contribution in [0.2, 0.25) is 0 Å². The number of benzene rings is 2. The van der Waals surface area contributed by atoms with Crippen molar-refractivity contribution in [2.75, 3.05) is 23.8 Å². The zero-order valence-electron chi connectivity index (χ0n) is 16.0. The van der Waals surface area contributed by atoms with E-state index in [0.29, 0.717) is 5.75 Å². The Morgan fingerprint density at radius 2 is 1.69 bits per heavy atom. The molecular weight excluding hydrogens is 372 g/mol. The number of nitrogen functional groups attached to an aromatic ring is 1. The quantitative estimate of drug-likeness (QED) is 0.632. The zero-order valence-corrected chi connectivity index (χ0v) is 16.0. The van der Waals surface area contributed by atoms with Gasteiger partial charge in [-0.3, -0.25) is 19.1 Å². The van der Waals surface area contributed by atoms with Gasteiger partial charge in [-0.1, -0.05) is 48.5 Å². The van der Waals surface area contributed by atoms with Crippen LogP contribution in [0.1, 0.15) is 12.5 Å². The van der Waals surface area contributed by atoms with Crippen molar-refractivity contribution in [2.45, 2.75) is 13.5 Å². The minimum atomic E-state index is -0.716. The third kappa shape index (κ3) is 4.55. The summed E-state index contributed by atoms with van der Waals surface area (Å²) < 4.78 is 6.72. The van der Waals surface area contributed by atoms with E-state index >= 15 is 0 Å². The first-order valence-corrected chi connectivity index (χ1v) is 9.16. The first-order chi connectivity index (χ1) is 14.0. The van der Waals surface area contributed by atoms with Crippen LogP contribution in [0.5, 0.6) is 5.75 Å². The first-order valence-electron chi connectivity index (χ1n) is 9.16. The number of nitrogens with two attached hydrogens (primary N) is 1. The number of aromatic amines is 1. The first kappa shape index (κ1) is 19.9. The number of rotatable bonds is 7. The Balaban J connectivity index is 1.90. The Morgan fingerprint density at radius 1 is 1.07 bits per heavy atom. The van der Waals surface area contributed by atoms with E-state index in [-0.39, 0.29) is 31.2 Å². The lowest BCUT2D eigenvalue weighted by Gasteiger charge is -2.23. The third-order valence-electron chi connectivity index (χ3n) is 4.39. The number of aromatic nitrogens is 2. The van der Waals surface area contributed by atoms with Gasteiger partial charge >= 0.3 is 5.69 Å². The van der Waals surface area contributed by atoms with Gasteiger partial charge in [-0.2, -0.15) is 0 Å². The molecule has 0 unspecified atom stereocenters. The average molecular weight is 394 g/mol. The fraction of sp³-hybridized carbons (Fsp3) is 0.190. The number of H-pyrrole nitrogens is 1.